The molecule has 3 rings (SSSR count). The standard InChI is InChI=1S/C20H26N4O8S/c1-13(25)32-18-16(17(26)22-18)24(33(2,29)30)19(27)15(12-14-6-4-3-5-7-14)21-20(28)23-8-10-31-11-9-23/h3-7,15-16,18H,8-12H2,1-2H3,(H,21,28)(H,22,26). The van der Waals surface area contributed by atoms with Crippen molar-refractivity contribution in [2.24, 2.45) is 0 Å². The summed E-state index contributed by atoms with van der Waals surface area (Å²) in [5, 5.41) is 4.86. The van der Waals surface area contributed by atoms with Gasteiger partial charge in [0.25, 0.3) is 11.8 Å². The lowest BCUT2D eigenvalue weighted by molar-refractivity contribution is -0.169. The third kappa shape index (κ3) is 5.99. The number of hydrogen-bond acceptors (Lipinski definition) is 8. The Morgan fingerprint density at radius 1 is 1.24 bits per heavy atom. The molecule has 0 spiro atoms. The third-order valence-electron chi connectivity index (χ3n) is 5.14. The molecule has 2 aliphatic rings. The SMILES string of the molecule is CC(=O)OC1NC(=O)C1N(C(=O)C(Cc1ccccc1)NC(=O)N1CCOCC1)S(C)(=O)=O. The Bertz CT molecular complexity index is 1010. The quantitative estimate of drug-likeness (QED) is 0.364. The summed E-state index contributed by atoms with van der Waals surface area (Å²) in [5.41, 5.74) is 0.668. The van der Waals surface area contributed by atoms with E-state index in [1.807, 2.05) is 0 Å². The minimum Gasteiger partial charge on any atom is -0.439 e. The second kappa shape index (κ2) is 10.2. The van der Waals surface area contributed by atoms with Gasteiger partial charge in [0, 0.05) is 26.4 Å². The summed E-state index contributed by atoms with van der Waals surface area (Å²) in [6, 6.07) is 5.27. The van der Waals surface area contributed by atoms with Crippen molar-refractivity contribution in [3.8, 4) is 0 Å². The number of morpholine rings is 1. The highest BCUT2D eigenvalue weighted by Gasteiger charge is 2.52. The Labute approximate surface area is 191 Å². The van der Waals surface area contributed by atoms with Crippen LogP contribution in [0.4, 0.5) is 4.79 Å². The number of benzene rings is 1. The predicted octanol–water partition coefficient (Wildman–Crippen LogP) is -1.18. The van der Waals surface area contributed by atoms with Crippen LogP contribution in [0.3, 0.4) is 0 Å². The molecule has 4 amide bonds. The minimum absolute atomic E-state index is 0.0195. The second-order valence-corrected chi connectivity index (χ2v) is 9.53. The predicted molar refractivity (Wildman–Crippen MR) is 114 cm³/mol. The molecule has 1 aromatic carbocycles. The number of hydrogen-bond donors (Lipinski definition) is 2. The summed E-state index contributed by atoms with van der Waals surface area (Å²) in [5.74, 6) is -2.56. The first kappa shape index (κ1) is 24.5. The molecular weight excluding hydrogens is 456 g/mol. The van der Waals surface area contributed by atoms with Crippen LogP contribution in [-0.4, -0.2) is 92.3 Å². The molecule has 0 bridgehead atoms. The van der Waals surface area contributed by atoms with Crippen LogP contribution in [0.25, 0.3) is 0 Å². The molecule has 33 heavy (non-hydrogen) atoms. The molecule has 180 valence electrons. The van der Waals surface area contributed by atoms with Crippen LogP contribution < -0.4 is 10.6 Å². The zero-order valence-corrected chi connectivity index (χ0v) is 19.0. The van der Waals surface area contributed by atoms with Crippen molar-refractivity contribution in [1.29, 1.82) is 0 Å². The molecule has 12 nitrogen and oxygen atoms in total. The average Bonchev–Trinajstić information content (AvgIpc) is 2.76. The Balaban J connectivity index is 1.90. The Morgan fingerprint density at radius 3 is 2.42 bits per heavy atom. The zero-order valence-electron chi connectivity index (χ0n) is 18.2. The van der Waals surface area contributed by atoms with Crippen LogP contribution in [-0.2, 0) is 40.3 Å². The van der Waals surface area contributed by atoms with Gasteiger partial charge in [-0.1, -0.05) is 30.3 Å². The van der Waals surface area contributed by atoms with Crippen LogP contribution in [0.15, 0.2) is 30.3 Å². The van der Waals surface area contributed by atoms with Crippen molar-refractivity contribution in [3.63, 3.8) is 0 Å². The Kier molecular flexibility index (Phi) is 7.53. The molecular formula is C20H26N4O8S. The van der Waals surface area contributed by atoms with Gasteiger partial charge in [-0.05, 0) is 5.56 Å². The number of rotatable bonds is 7. The highest BCUT2D eigenvalue weighted by molar-refractivity contribution is 7.89. The molecule has 0 aliphatic carbocycles. The van der Waals surface area contributed by atoms with E-state index in [-0.39, 0.29) is 6.42 Å². The normalized spacial score (nSPS) is 21.3. The molecule has 0 saturated carbocycles. The third-order valence-corrected chi connectivity index (χ3v) is 6.26. The van der Waals surface area contributed by atoms with E-state index in [0.717, 1.165) is 13.2 Å². The van der Waals surface area contributed by atoms with Gasteiger partial charge < -0.3 is 25.0 Å². The number of ether oxygens (including phenoxy) is 2. The maximum Gasteiger partial charge on any atom is 0.318 e. The highest BCUT2D eigenvalue weighted by Crippen LogP contribution is 2.21. The van der Waals surface area contributed by atoms with E-state index < -0.39 is 52.1 Å². The van der Waals surface area contributed by atoms with Gasteiger partial charge in [0.05, 0.1) is 19.5 Å². The molecule has 0 aromatic heterocycles. The monoisotopic (exact) mass is 482 g/mol. The van der Waals surface area contributed by atoms with Crippen molar-refractivity contribution < 1.29 is 37.1 Å². The molecule has 0 radical (unpaired) electrons. The van der Waals surface area contributed by atoms with E-state index in [0.29, 0.717) is 36.2 Å². The topological polar surface area (TPSA) is 151 Å². The van der Waals surface area contributed by atoms with E-state index in [1.165, 1.54) is 4.90 Å². The molecule has 2 fully saturated rings. The van der Waals surface area contributed by atoms with Gasteiger partial charge in [-0.15, -0.1) is 0 Å². The summed E-state index contributed by atoms with van der Waals surface area (Å²) in [6.45, 7) is 2.40. The van der Waals surface area contributed by atoms with E-state index in [2.05, 4.69) is 10.6 Å². The summed E-state index contributed by atoms with van der Waals surface area (Å²) < 4.78 is 35.7. The molecule has 3 atom stereocenters. The smallest absolute Gasteiger partial charge is 0.318 e. The van der Waals surface area contributed by atoms with Gasteiger partial charge >= 0.3 is 12.0 Å². The summed E-state index contributed by atoms with van der Waals surface area (Å²) in [4.78, 5) is 51.3. The number of urea groups is 1. The number of esters is 1. The first-order chi connectivity index (χ1) is 15.6. The molecule has 2 saturated heterocycles. The lowest BCUT2D eigenvalue weighted by Crippen LogP contribution is -2.73. The second-order valence-electron chi connectivity index (χ2n) is 7.67. The first-order valence-corrected chi connectivity index (χ1v) is 12.1. The number of β-lactam (4-membered cyclic amide) rings is 1. The van der Waals surface area contributed by atoms with Crippen LogP contribution >= 0.6 is 0 Å². The lowest BCUT2D eigenvalue weighted by atomic mass is 10.0. The van der Waals surface area contributed by atoms with E-state index >= 15 is 0 Å². The van der Waals surface area contributed by atoms with Crippen molar-refractivity contribution in [3.05, 3.63) is 35.9 Å². The molecule has 3 unspecified atom stereocenters. The number of sulfonamides is 1. The Hall–Kier alpha value is -3.19. The molecule has 1 aromatic rings. The molecule has 2 heterocycles. The van der Waals surface area contributed by atoms with Gasteiger partial charge in [-0.2, -0.15) is 0 Å². The highest BCUT2D eigenvalue weighted by atomic mass is 32.2. The van der Waals surface area contributed by atoms with Gasteiger partial charge in [-0.25, -0.2) is 17.5 Å². The number of carbonyl (C=O) groups excluding carboxylic acids is 4. The molecule has 2 aliphatic heterocycles. The first-order valence-electron chi connectivity index (χ1n) is 10.3. The summed E-state index contributed by atoms with van der Waals surface area (Å²) >= 11 is 0. The number of amides is 4. The van der Waals surface area contributed by atoms with E-state index in [1.54, 1.807) is 30.3 Å². The van der Waals surface area contributed by atoms with Crippen LogP contribution in [0.2, 0.25) is 0 Å². The summed E-state index contributed by atoms with van der Waals surface area (Å²) in [6.07, 6.45) is -0.569. The van der Waals surface area contributed by atoms with Gasteiger partial charge in [0.15, 0.2) is 6.04 Å². The fraction of sp³-hybridized carbons (Fsp3) is 0.500. The fourth-order valence-electron chi connectivity index (χ4n) is 3.57. The maximum absolute atomic E-state index is 13.5. The average molecular weight is 483 g/mol. The van der Waals surface area contributed by atoms with E-state index in [4.69, 9.17) is 9.47 Å². The number of carbonyl (C=O) groups is 4. The van der Waals surface area contributed by atoms with Crippen LogP contribution in [0.1, 0.15) is 12.5 Å². The van der Waals surface area contributed by atoms with Crippen LogP contribution in [0.5, 0.6) is 0 Å². The molecule has 13 heteroatoms. The maximum atomic E-state index is 13.5. The van der Waals surface area contributed by atoms with Crippen LogP contribution in [0, 0.1) is 0 Å². The molecule has 2 N–H and O–H groups in total. The van der Waals surface area contributed by atoms with Crippen molar-refractivity contribution >= 4 is 33.8 Å². The fourth-order valence-corrected chi connectivity index (χ4v) is 4.64. The zero-order chi connectivity index (χ0) is 24.2. The number of nitrogens with one attached hydrogen (secondary N) is 2. The lowest BCUT2D eigenvalue weighted by Gasteiger charge is -2.42. The van der Waals surface area contributed by atoms with Crippen molar-refractivity contribution in [1.82, 2.24) is 19.8 Å². The van der Waals surface area contributed by atoms with Gasteiger partial charge in [0.2, 0.25) is 16.3 Å². The minimum atomic E-state index is -4.28. The van der Waals surface area contributed by atoms with E-state index in [9.17, 15) is 27.6 Å². The number of nitrogens with zero attached hydrogens (tertiary/aromatic N) is 2. The van der Waals surface area contributed by atoms with Gasteiger partial charge in [0.1, 0.15) is 6.04 Å². The largest absolute Gasteiger partial charge is 0.439 e. The Morgan fingerprint density at radius 2 is 1.88 bits per heavy atom. The van der Waals surface area contributed by atoms with Crippen molar-refractivity contribution in [2.75, 3.05) is 32.6 Å². The summed E-state index contributed by atoms with van der Waals surface area (Å²) in [7, 11) is -4.28. The van der Waals surface area contributed by atoms with Crippen molar-refractivity contribution in [2.45, 2.75) is 31.7 Å². The van der Waals surface area contributed by atoms with Gasteiger partial charge in [-0.3, -0.25) is 14.4 Å².